The minimum absolute atomic E-state index is 0.105. The number of halogens is 2. The molecule has 0 amide bonds. The number of rotatable bonds is 4. The molecule has 1 aromatic heterocycles. The first kappa shape index (κ1) is 16.1. The summed E-state index contributed by atoms with van der Waals surface area (Å²) in [7, 11) is 0. The Hall–Kier alpha value is -0.780. The number of hydrogen-bond acceptors (Lipinski definition) is 3. The molecule has 0 spiro atoms. The topological polar surface area (TPSA) is 34.1 Å². The van der Waals surface area contributed by atoms with E-state index in [4.69, 9.17) is 0 Å². The van der Waals surface area contributed by atoms with E-state index in [1.54, 1.807) is 11.3 Å². The van der Waals surface area contributed by atoms with Crippen molar-refractivity contribution in [2.75, 3.05) is 10.7 Å². The van der Waals surface area contributed by atoms with Gasteiger partial charge in [-0.05, 0) is 48.1 Å². The van der Waals surface area contributed by atoms with Gasteiger partial charge in [-0.2, -0.15) is 0 Å². The Bertz CT molecular complexity index is 749. The van der Waals surface area contributed by atoms with Crippen LogP contribution in [0.25, 0.3) is 10.4 Å². The fraction of sp³-hybridized carbons (Fsp3) is 0.294. The Balaban J connectivity index is 2.08. The minimum atomic E-state index is 0.105. The molecule has 5 heteroatoms. The highest BCUT2D eigenvalue weighted by molar-refractivity contribution is 9.09. The molecule has 1 aromatic carbocycles. The zero-order valence-corrected chi connectivity index (χ0v) is 15.8. The molecule has 0 fully saturated rings. The highest BCUT2D eigenvalue weighted by atomic mass is 79.9. The molecular weight excluding hydrogens is 428 g/mol. The van der Waals surface area contributed by atoms with Crippen LogP contribution in [-0.2, 0) is 12.8 Å². The minimum Gasteiger partial charge on any atom is -0.293 e. The van der Waals surface area contributed by atoms with E-state index in [9.17, 15) is 9.59 Å². The quantitative estimate of drug-likeness (QED) is 0.490. The highest BCUT2D eigenvalue weighted by Crippen LogP contribution is 2.39. The molecule has 0 unspecified atom stereocenters. The van der Waals surface area contributed by atoms with E-state index in [2.05, 4.69) is 31.9 Å². The smallest absolute Gasteiger partial charge is 0.183 e. The summed E-state index contributed by atoms with van der Waals surface area (Å²) in [5.41, 5.74) is 4.41. The average Bonchev–Trinajstić information content (AvgIpc) is 2.89. The maximum Gasteiger partial charge on any atom is 0.183 e. The SMILES string of the molecule is O=C(CBr)c1ccc2c(c1)CCCc1cc(C(=O)CBr)sc1-2. The lowest BCUT2D eigenvalue weighted by Crippen LogP contribution is -2.01. The van der Waals surface area contributed by atoms with Crippen molar-refractivity contribution >= 4 is 54.8 Å². The van der Waals surface area contributed by atoms with Gasteiger partial charge in [-0.1, -0.05) is 44.0 Å². The van der Waals surface area contributed by atoms with Crippen LogP contribution in [0.2, 0.25) is 0 Å². The second-order valence-corrected chi connectivity index (χ2v) is 7.48. The molecular formula is C17H14Br2O2S. The van der Waals surface area contributed by atoms with Crippen molar-refractivity contribution in [2.45, 2.75) is 19.3 Å². The van der Waals surface area contributed by atoms with E-state index in [-0.39, 0.29) is 11.6 Å². The molecule has 1 heterocycles. The van der Waals surface area contributed by atoms with Gasteiger partial charge in [0.05, 0.1) is 15.5 Å². The number of fused-ring (bicyclic) bond motifs is 3. The number of carbonyl (C=O) groups is 2. The number of hydrogen-bond donors (Lipinski definition) is 0. The Kier molecular flexibility index (Phi) is 4.95. The molecule has 1 aliphatic carbocycles. The first-order chi connectivity index (χ1) is 10.6. The molecule has 0 aliphatic heterocycles. The lowest BCUT2D eigenvalue weighted by atomic mass is 9.99. The summed E-state index contributed by atoms with van der Waals surface area (Å²) < 4.78 is 0. The van der Waals surface area contributed by atoms with Gasteiger partial charge in [0.2, 0.25) is 0 Å². The van der Waals surface area contributed by atoms with Crippen molar-refractivity contribution in [3.8, 4) is 10.4 Å². The lowest BCUT2D eigenvalue weighted by molar-refractivity contribution is 0.101. The largest absolute Gasteiger partial charge is 0.293 e. The number of carbonyl (C=O) groups excluding carboxylic acids is 2. The van der Waals surface area contributed by atoms with Crippen LogP contribution in [0.5, 0.6) is 0 Å². The number of aryl methyl sites for hydroxylation is 2. The standard InChI is InChI=1S/C17H14Br2O2S/c18-8-14(20)11-4-5-13-10(6-11)2-1-3-12-7-16(15(21)9-19)22-17(12)13/h4-7H,1-3,8-9H2. The fourth-order valence-electron chi connectivity index (χ4n) is 2.79. The van der Waals surface area contributed by atoms with E-state index in [0.717, 1.165) is 29.7 Å². The van der Waals surface area contributed by atoms with Gasteiger partial charge in [0.25, 0.3) is 0 Å². The van der Waals surface area contributed by atoms with Crippen LogP contribution in [-0.4, -0.2) is 22.2 Å². The summed E-state index contributed by atoms with van der Waals surface area (Å²) in [5, 5.41) is 0.706. The van der Waals surface area contributed by atoms with Gasteiger partial charge in [0.15, 0.2) is 11.6 Å². The van der Waals surface area contributed by atoms with Crippen molar-refractivity contribution in [3.63, 3.8) is 0 Å². The van der Waals surface area contributed by atoms with Gasteiger partial charge < -0.3 is 0 Å². The summed E-state index contributed by atoms with van der Waals surface area (Å²) in [5.74, 6) is 0.235. The van der Waals surface area contributed by atoms with Crippen molar-refractivity contribution in [3.05, 3.63) is 45.8 Å². The van der Waals surface area contributed by atoms with E-state index < -0.39 is 0 Å². The third-order valence-electron chi connectivity index (χ3n) is 3.89. The van der Waals surface area contributed by atoms with E-state index >= 15 is 0 Å². The molecule has 2 aromatic rings. The molecule has 0 radical (unpaired) electrons. The van der Waals surface area contributed by atoms with Crippen LogP contribution in [0, 0.1) is 0 Å². The second kappa shape index (κ2) is 6.77. The highest BCUT2D eigenvalue weighted by Gasteiger charge is 2.20. The first-order valence-electron chi connectivity index (χ1n) is 7.08. The Morgan fingerprint density at radius 1 is 1.00 bits per heavy atom. The Morgan fingerprint density at radius 3 is 2.45 bits per heavy atom. The molecule has 3 rings (SSSR count). The van der Waals surface area contributed by atoms with Crippen LogP contribution in [0.15, 0.2) is 24.3 Å². The number of ketones is 2. The number of Topliss-reactive ketones (excluding diaryl/α,β-unsaturated/α-hetero) is 2. The molecule has 1 aliphatic rings. The Morgan fingerprint density at radius 2 is 1.73 bits per heavy atom. The molecule has 0 bridgehead atoms. The normalized spacial score (nSPS) is 13.2. The molecule has 0 saturated heterocycles. The summed E-state index contributed by atoms with van der Waals surface area (Å²) in [6.45, 7) is 0. The van der Waals surface area contributed by atoms with Gasteiger partial charge >= 0.3 is 0 Å². The van der Waals surface area contributed by atoms with Gasteiger partial charge in [-0.3, -0.25) is 9.59 Å². The Labute approximate surface area is 150 Å². The van der Waals surface area contributed by atoms with Crippen LogP contribution in [0.4, 0.5) is 0 Å². The molecule has 114 valence electrons. The predicted molar refractivity (Wildman–Crippen MR) is 98.0 cm³/mol. The van der Waals surface area contributed by atoms with Gasteiger partial charge in [0, 0.05) is 10.4 Å². The zero-order valence-electron chi connectivity index (χ0n) is 11.8. The van der Waals surface area contributed by atoms with E-state index in [1.165, 1.54) is 21.6 Å². The number of benzene rings is 1. The average molecular weight is 442 g/mol. The number of alkyl halides is 2. The van der Waals surface area contributed by atoms with Gasteiger partial charge in [-0.25, -0.2) is 0 Å². The van der Waals surface area contributed by atoms with Gasteiger partial charge in [0.1, 0.15) is 0 Å². The predicted octanol–water partition coefficient (Wildman–Crippen LogP) is 5.06. The third-order valence-corrected chi connectivity index (χ3v) is 6.16. The fourth-order valence-corrected chi connectivity index (χ4v) is 4.81. The van der Waals surface area contributed by atoms with Crippen molar-refractivity contribution < 1.29 is 9.59 Å². The molecule has 0 saturated carbocycles. The van der Waals surface area contributed by atoms with Crippen LogP contribution in [0.1, 0.15) is 37.6 Å². The maximum absolute atomic E-state index is 11.9. The van der Waals surface area contributed by atoms with Gasteiger partial charge in [-0.15, -0.1) is 11.3 Å². The van der Waals surface area contributed by atoms with Crippen LogP contribution in [0.3, 0.4) is 0 Å². The monoisotopic (exact) mass is 440 g/mol. The zero-order chi connectivity index (χ0) is 15.7. The molecule has 22 heavy (non-hydrogen) atoms. The lowest BCUT2D eigenvalue weighted by Gasteiger charge is -2.08. The summed E-state index contributed by atoms with van der Waals surface area (Å²) in [4.78, 5) is 25.8. The van der Waals surface area contributed by atoms with Crippen LogP contribution >= 0.6 is 43.2 Å². The third kappa shape index (κ3) is 2.99. The number of thiophene rings is 1. The van der Waals surface area contributed by atoms with Crippen molar-refractivity contribution in [1.29, 1.82) is 0 Å². The molecule has 2 nitrogen and oxygen atoms in total. The van der Waals surface area contributed by atoms with E-state index in [1.807, 2.05) is 24.3 Å². The molecule has 0 N–H and O–H groups in total. The maximum atomic E-state index is 11.9. The first-order valence-corrected chi connectivity index (χ1v) is 10.1. The summed E-state index contributed by atoms with van der Waals surface area (Å²) >= 11 is 8.04. The summed E-state index contributed by atoms with van der Waals surface area (Å²) in [6.07, 6.45) is 3.00. The van der Waals surface area contributed by atoms with E-state index in [0.29, 0.717) is 10.7 Å². The second-order valence-electron chi connectivity index (χ2n) is 5.30. The van der Waals surface area contributed by atoms with Crippen LogP contribution < -0.4 is 0 Å². The molecule has 0 atom stereocenters. The van der Waals surface area contributed by atoms with Crippen molar-refractivity contribution in [1.82, 2.24) is 0 Å². The van der Waals surface area contributed by atoms with Crippen molar-refractivity contribution in [2.24, 2.45) is 0 Å². The summed E-state index contributed by atoms with van der Waals surface area (Å²) in [6, 6.07) is 7.98.